The number of benzene rings is 2. The molecular formula is C19H20ClN3O4. The number of hydrogen-bond acceptors (Lipinski definition) is 5. The summed E-state index contributed by atoms with van der Waals surface area (Å²) < 4.78 is 4.89. The SMILES string of the molecule is Cc1cccc(NC(=O)CNC(=O)COC(=O)c2cc(Cl)ccc2N)c1C. The van der Waals surface area contributed by atoms with Gasteiger partial charge in [0.15, 0.2) is 6.61 Å². The van der Waals surface area contributed by atoms with Crippen LogP contribution < -0.4 is 16.4 Å². The van der Waals surface area contributed by atoms with Gasteiger partial charge in [-0.15, -0.1) is 0 Å². The van der Waals surface area contributed by atoms with Crippen LogP contribution in [-0.4, -0.2) is 30.9 Å². The molecule has 2 amide bonds. The Kier molecular flexibility index (Phi) is 6.79. The Morgan fingerprint density at radius 2 is 1.85 bits per heavy atom. The number of esters is 1. The third-order valence-corrected chi connectivity index (χ3v) is 4.13. The van der Waals surface area contributed by atoms with Gasteiger partial charge >= 0.3 is 5.97 Å². The lowest BCUT2D eigenvalue weighted by molar-refractivity contribution is -0.126. The molecule has 0 saturated carbocycles. The first kappa shape index (κ1) is 20.3. The second kappa shape index (κ2) is 9.05. The number of halogens is 1. The van der Waals surface area contributed by atoms with E-state index in [-0.39, 0.29) is 23.7 Å². The van der Waals surface area contributed by atoms with Crippen LogP contribution in [0.1, 0.15) is 21.5 Å². The lowest BCUT2D eigenvalue weighted by Gasteiger charge is -2.11. The van der Waals surface area contributed by atoms with E-state index in [0.717, 1.165) is 11.1 Å². The molecule has 0 aromatic heterocycles. The summed E-state index contributed by atoms with van der Waals surface area (Å²) in [7, 11) is 0. The standard InChI is InChI=1S/C19H20ClN3O4/c1-11-4-3-5-16(12(11)2)23-17(24)9-22-18(25)10-27-19(26)14-8-13(20)6-7-15(14)21/h3-8H,9-10,21H2,1-2H3,(H,22,25)(H,23,24). The number of aryl methyl sites for hydroxylation is 1. The van der Waals surface area contributed by atoms with E-state index in [4.69, 9.17) is 22.1 Å². The molecule has 27 heavy (non-hydrogen) atoms. The van der Waals surface area contributed by atoms with E-state index >= 15 is 0 Å². The summed E-state index contributed by atoms with van der Waals surface area (Å²) in [6.45, 7) is 3.04. The van der Waals surface area contributed by atoms with Crippen LogP contribution >= 0.6 is 11.6 Å². The van der Waals surface area contributed by atoms with Crippen molar-refractivity contribution in [1.29, 1.82) is 0 Å². The average Bonchev–Trinajstić information content (AvgIpc) is 2.63. The van der Waals surface area contributed by atoms with Gasteiger partial charge in [-0.1, -0.05) is 23.7 Å². The number of carbonyl (C=O) groups is 3. The van der Waals surface area contributed by atoms with Gasteiger partial charge in [-0.25, -0.2) is 4.79 Å². The Morgan fingerprint density at radius 1 is 1.11 bits per heavy atom. The summed E-state index contributed by atoms with van der Waals surface area (Å²) in [5, 5.41) is 5.43. The predicted octanol–water partition coefficient (Wildman–Crippen LogP) is 2.45. The average molecular weight is 390 g/mol. The molecule has 4 N–H and O–H groups in total. The molecule has 0 bridgehead atoms. The van der Waals surface area contributed by atoms with Crippen LogP contribution in [0.15, 0.2) is 36.4 Å². The molecule has 8 heteroatoms. The number of nitrogens with two attached hydrogens (primary N) is 1. The molecule has 2 aromatic carbocycles. The monoisotopic (exact) mass is 389 g/mol. The Hall–Kier alpha value is -3.06. The smallest absolute Gasteiger partial charge is 0.340 e. The molecule has 0 radical (unpaired) electrons. The molecule has 2 rings (SSSR count). The van der Waals surface area contributed by atoms with E-state index in [0.29, 0.717) is 10.7 Å². The molecule has 7 nitrogen and oxygen atoms in total. The van der Waals surface area contributed by atoms with Crippen LogP contribution in [0, 0.1) is 13.8 Å². The number of amides is 2. The zero-order chi connectivity index (χ0) is 20.0. The zero-order valence-electron chi connectivity index (χ0n) is 15.0. The van der Waals surface area contributed by atoms with Crippen LogP contribution in [0.4, 0.5) is 11.4 Å². The van der Waals surface area contributed by atoms with Gasteiger partial charge in [0.1, 0.15) is 0 Å². The molecule has 0 aliphatic heterocycles. The van der Waals surface area contributed by atoms with E-state index in [1.165, 1.54) is 18.2 Å². The van der Waals surface area contributed by atoms with Crippen LogP contribution in [0.2, 0.25) is 5.02 Å². The highest BCUT2D eigenvalue weighted by Crippen LogP contribution is 2.19. The second-order valence-corrected chi connectivity index (χ2v) is 6.32. The minimum atomic E-state index is -0.773. The molecule has 0 spiro atoms. The van der Waals surface area contributed by atoms with Crippen LogP contribution in [0.5, 0.6) is 0 Å². The Labute approximate surface area is 161 Å². The molecular weight excluding hydrogens is 370 g/mol. The topological polar surface area (TPSA) is 111 Å². The maximum absolute atomic E-state index is 12.0. The fourth-order valence-corrected chi connectivity index (χ4v) is 2.40. The lowest BCUT2D eigenvalue weighted by atomic mass is 10.1. The van der Waals surface area contributed by atoms with Crippen molar-refractivity contribution < 1.29 is 19.1 Å². The fraction of sp³-hybridized carbons (Fsp3) is 0.211. The summed E-state index contributed by atoms with van der Waals surface area (Å²) in [6, 6.07) is 9.91. The van der Waals surface area contributed by atoms with Crippen molar-refractivity contribution in [2.75, 3.05) is 24.2 Å². The maximum Gasteiger partial charge on any atom is 0.340 e. The van der Waals surface area contributed by atoms with E-state index in [9.17, 15) is 14.4 Å². The minimum Gasteiger partial charge on any atom is -0.452 e. The summed E-state index contributed by atoms with van der Waals surface area (Å²) >= 11 is 5.81. The van der Waals surface area contributed by atoms with E-state index < -0.39 is 18.5 Å². The lowest BCUT2D eigenvalue weighted by Crippen LogP contribution is -2.35. The molecule has 0 aliphatic rings. The minimum absolute atomic E-state index is 0.0722. The third-order valence-electron chi connectivity index (χ3n) is 3.89. The number of anilines is 2. The van der Waals surface area contributed by atoms with Gasteiger partial charge < -0.3 is 21.1 Å². The number of nitrogen functional groups attached to an aromatic ring is 1. The summed E-state index contributed by atoms with van der Waals surface area (Å²) in [6.07, 6.45) is 0. The molecule has 0 saturated heterocycles. The first-order valence-corrected chi connectivity index (χ1v) is 8.50. The van der Waals surface area contributed by atoms with Gasteiger partial charge in [0.25, 0.3) is 5.91 Å². The molecule has 0 fully saturated rings. The van der Waals surface area contributed by atoms with Gasteiger partial charge in [0.05, 0.1) is 12.1 Å². The number of hydrogen-bond donors (Lipinski definition) is 3. The van der Waals surface area contributed by atoms with Gasteiger partial charge in [-0.05, 0) is 49.2 Å². The van der Waals surface area contributed by atoms with Crippen molar-refractivity contribution in [1.82, 2.24) is 5.32 Å². The largest absolute Gasteiger partial charge is 0.452 e. The summed E-state index contributed by atoms with van der Waals surface area (Å²) in [4.78, 5) is 35.7. The van der Waals surface area contributed by atoms with Crippen molar-refractivity contribution in [3.8, 4) is 0 Å². The normalized spacial score (nSPS) is 10.2. The molecule has 0 atom stereocenters. The highest BCUT2D eigenvalue weighted by atomic mass is 35.5. The third kappa shape index (κ3) is 5.72. The van der Waals surface area contributed by atoms with Crippen LogP contribution in [0.3, 0.4) is 0 Å². The maximum atomic E-state index is 12.0. The fourth-order valence-electron chi connectivity index (χ4n) is 2.22. The highest BCUT2D eigenvalue weighted by molar-refractivity contribution is 6.31. The first-order chi connectivity index (χ1) is 12.8. The quantitative estimate of drug-likeness (QED) is 0.519. The predicted molar refractivity (Wildman–Crippen MR) is 104 cm³/mol. The van der Waals surface area contributed by atoms with E-state index in [2.05, 4.69) is 10.6 Å². The zero-order valence-corrected chi connectivity index (χ0v) is 15.7. The van der Waals surface area contributed by atoms with Crippen molar-refractivity contribution in [3.63, 3.8) is 0 Å². The number of rotatable bonds is 6. The summed E-state index contributed by atoms with van der Waals surface area (Å²) in [5.41, 5.74) is 8.62. The molecule has 2 aromatic rings. The first-order valence-electron chi connectivity index (χ1n) is 8.13. The molecule has 0 aliphatic carbocycles. The van der Waals surface area contributed by atoms with Gasteiger partial charge in [0.2, 0.25) is 5.91 Å². The number of nitrogens with one attached hydrogen (secondary N) is 2. The number of carbonyl (C=O) groups excluding carboxylic acids is 3. The molecule has 142 valence electrons. The second-order valence-electron chi connectivity index (χ2n) is 5.88. The van der Waals surface area contributed by atoms with Crippen molar-refractivity contribution in [2.45, 2.75) is 13.8 Å². The van der Waals surface area contributed by atoms with Crippen LogP contribution in [-0.2, 0) is 14.3 Å². The van der Waals surface area contributed by atoms with Crippen molar-refractivity contribution in [2.24, 2.45) is 0 Å². The van der Waals surface area contributed by atoms with Crippen molar-refractivity contribution >= 4 is 40.8 Å². The van der Waals surface area contributed by atoms with E-state index in [1.54, 1.807) is 6.07 Å². The van der Waals surface area contributed by atoms with Crippen LogP contribution in [0.25, 0.3) is 0 Å². The molecule has 0 unspecified atom stereocenters. The Morgan fingerprint density at radius 3 is 2.59 bits per heavy atom. The highest BCUT2D eigenvalue weighted by Gasteiger charge is 2.14. The Balaban J connectivity index is 1.80. The molecule has 0 heterocycles. The van der Waals surface area contributed by atoms with E-state index in [1.807, 2.05) is 26.0 Å². The van der Waals surface area contributed by atoms with Gasteiger partial charge in [-0.3, -0.25) is 9.59 Å². The van der Waals surface area contributed by atoms with Gasteiger partial charge in [-0.2, -0.15) is 0 Å². The Bertz CT molecular complexity index is 883. The number of ether oxygens (including phenoxy) is 1. The summed E-state index contributed by atoms with van der Waals surface area (Å²) in [5.74, 6) is -1.77. The van der Waals surface area contributed by atoms with Crippen molar-refractivity contribution in [3.05, 3.63) is 58.1 Å². The van der Waals surface area contributed by atoms with Gasteiger partial charge in [0, 0.05) is 16.4 Å².